The first-order valence-electron chi connectivity index (χ1n) is 8.28. The topological polar surface area (TPSA) is 68.8 Å². The van der Waals surface area contributed by atoms with Crippen molar-refractivity contribution in [2.45, 2.75) is 44.6 Å². The van der Waals surface area contributed by atoms with Gasteiger partial charge in [0.15, 0.2) is 5.15 Å². The first-order chi connectivity index (χ1) is 11.2. The van der Waals surface area contributed by atoms with Gasteiger partial charge in [0.1, 0.15) is 5.69 Å². The van der Waals surface area contributed by atoms with Crippen LogP contribution in [0.15, 0.2) is 11.4 Å². The van der Waals surface area contributed by atoms with Crippen molar-refractivity contribution in [3.05, 3.63) is 16.6 Å². The molecule has 3 rings (SSSR count). The largest absolute Gasteiger partial charge is 0.373 e. The van der Waals surface area contributed by atoms with Crippen LogP contribution in [0.5, 0.6) is 0 Å². The monoisotopic (exact) mass is 353 g/mol. The molecule has 0 saturated heterocycles. The van der Waals surface area contributed by atoms with Gasteiger partial charge in [-0.25, -0.2) is 4.68 Å². The molecule has 126 valence electrons. The van der Waals surface area contributed by atoms with Gasteiger partial charge in [-0.15, -0.1) is 16.4 Å². The molecule has 7 heteroatoms. The first-order valence-corrected chi connectivity index (χ1v) is 9.54. The van der Waals surface area contributed by atoms with E-state index in [0.29, 0.717) is 17.7 Å². The standard InChI is InChI=1S/C16H24ClN5S/c1-22-15(16(17)20-21-22)12-8-14(23-10-12)19-13(9-18)7-11-5-3-2-4-6-11/h8,10-11,13,19H,2-7,9,18H2,1H3/t13-/m0/s1. The van der Waals surface area contributed by atoms with Crippen LogP contribution in [0.2, 0.25) is 5.15 Å². The minimum atomic E-state index is 0.338. The van der Waals surface area contributed by atoms with Gasteiger partial charge in [-0.05, 0) is 18.4 Å². The summed E-state index contributed by atoms with van der Waals surface area (Å²) in [4.78, 5) is 0. The Labute approximate surface area is 146 Å². The zero-order valence-electron chi connectivity index (χ0n) is 13.5. The number of aromatic nitrogens is 3. The summed E-state index contributed by atoms with van der Waals surface area (Å²) >= 11 is 7.80. The van der Waals surface area contributed by atoms with Gasteiger partial charge < -0.3 is 11.1 Å². The van der Waals surface area contributed by atoms with Crippen molar-refractivity contribution >= 4 is 27.9 Å². The van der Waals surface area contributed by atoms with Gasteiger partial charge in [-0.3, -0.25) is 0 Å². The van der Waals surface area contributed by atoms with Crippen molar-refractivity contribution in [1.29, 1.82) is 0 Å². The molecule has 0 amide bonds. The molecule has 1 fully saturated rings. The van der Waals surface area contributed by atoms with E-state index in [1.165, 1.54) is 32.1 Å². The van der Waals surface area contributed by atoms with Gasteiger partial charge in [-0.2, -0.15) is 0 Å². The molecule has 1 saturated carbocycles. The highest BCUT2D eigenvalue weighted by Gasteiger charge is 2.19. The van der Waals surface area contributed by atoms with Crippen LogP contribution in [0.25, 0.3) is 11.3 Å². The van der Waals surface area contributed by atoms with Crippen LogP contribution in [0.1, 0.15) is 38.5 Å². The highest BCUT2D eigenvalue weighted by Crippen LogP contribution is 2.33. The van der Waals surface area contributed by atoms with Crippen molar-refractivity contribution < 1.29 is 0 Å². The molecule has 2 heterocycles. The average molecular weight is 354 g/mol. The molecule has 5 nitrogen and oxygen atoms in total. The summed E-state index contributed by atoms with van der Waals surface area (Å²) in [6, 6.07) is 2.45. The lowest BCUT2D eigenvalue weighted by Gasteiger charge is -2.26. The van der Waals surface area contributed by atoms with Gasteiger partial charge in [0.05, 0.1) is 5.00 Å². The van der Waals surface area contributed by atoms with Crippen LogP contribution in [0, 0.1) is 5.92 Å². The lowest BCUT2D eigenvalue weighted by atomic mass is 9.85. The van der Waals surface area contributed by atoms with Gasteiger partial charge in [-0.1, -0.05) is 48.9 Å². The van der Waals surface area contributed by atoms with Gasteiger partial charge in [0.2, 0.25) is 0 Å². The molecular formula is C16H24ClN5S. The number of hydrogen-bond donors (Lipinski definition) is 2. The highest BCUT2D eigenvalue weighted by molar-refractivity contribution is 7.14. The summed E-state index contributed by atoms with van der Waals surface area (Å²) in [6.45, 7) is 0.664. The van der Waals surface area contributed by atoms with Crippen molar-refractivity contribution in [2.24, 2.45) is 18.7 Å². The molecule has 0 unspecified atom stereocenters. The van der Waals surface area contributed by atoms with Crippen molar-refractivity contribution in [1.82, 2.24) is 15.0 Å². The predicted octanol–water partition coefficient (Wildman–Crippen LogP) is 3.91. The summed E-state index contributed by atoms with van der Waals surface area (Å²) < 4.78 is 1.70. The van der Waals surface area contributed by atoms with E-state index in [-0.39, 0.29) is 0 Å². The molecule has 0 radical (unpaired) electrons. The van der Waals surface area contributed by atoms with Crippen LogP contribution in [-0.4, -0.2) is 27.6 Å². The molecule has 3 N–H and O–H groups in total. The molecule has 0 bridgehead atoms. The van der Waals surface area contributed by atoms with Gasteiger partial charge in [0, 0.05) is 30.6 Å². The first kappa shape index (κ1) is 16.7. The Kier molecular flexibility index (Phi) is 5.56. The van der Waals surface area contributed by atoms with Crippen LogP contribution in [0.4, 0.5) is 5.00 Å². The molecular weight excluding hydrogens is 330 g/mol. The number of nitrogens with one attached hydrogen (secondary N) is 1. The zero-order chi connectivity index (χ0) is 16.2. The van der Waals surface area contributed by atoms with Crippen LogP contribution in [0.3, 0.4) is 0 Å². The third-order valence-electron chi connectivity index (χ3n) is 4.63. The van der Waals surface area contributed by atoms with Crippen molar-refractivity contribution in [3.8, 4) is 11.3 Å². The number of nitrogens with zero attached hydrogens (tertiary/aromatic N) is 3. The van der Waals surface area contributed by atoms with E-state index in [2.05, 4.69) is 27.1 Å². The fourth-order valence-corrected chi connectivity index (χ4v) is 4.54. The van der Waals surface area contributed by atoms with Crippen molar-refractivity contribution in [2.75, 3.05) is 11.9 Å². The van der Waals surface area contributed by atoms with Crippen LogP contribution < -0.4 is 11.1 Å². The van der Waals surface area contributed by atoms with Gasteiger partial charge >= 0.3 is 0 Å². The second-order valence-corrected chi connectivity index (χ2v) is 7.64. The summed E-state index contributed by atoms with van der Waals surface area (Å²) in [6.07, 6.45) is 8.01. The van der Waals surface area contributed by atoms with Gasteiger partial charge in [0.25, 0.3) is 0 Å². The van der Waals surface area contributed by atoms with E-state index in [9.17, 15) is 0 Å². The maximum Gasteiger partial charge on any atom is 0.179 e. The number of halogens is 1. The Morgan fingerprint density at radius 1 is 1.43 bits per heavy atom. The fourth-order valence-electron chi connectivity index (χ4n) is 3.41. The summed E-state index contributed by atoms with van der Waals surface area (Å²) in [5, 5.41) is 15.1. The average Bonchev–Trinajstić information content (AvgIpc) is 3.14. The third-order valence-corrected chi connectivity index (χ3v) is 5.75. The fraction of sp³-hybridized carbons (Fsp3) is 0.625. The lowest BCUT2D eigenvalue weighted by molar-refractivity contribution is 0.325. The normalized spacial score (nSPS) is 17.3. The molecule has 1 atom stereocenters. The number of hydrogen-bond acceptors (Lipinski definition) is 5. The van der Waals surface area contributed by atoms with E-state index in [1.807, 2.05) is 7.05 Å². The highest BCUT2D eigenvalue weighted by atomic mass is 35.5. The lowest BCUT2D eigenvalue weighted by Crippen LogP contribution is -2.31. The Hall–Kier alpha value is -1.11. The van der Waals surface area contributed by atoms with E-state index >= 15 is 0 Å². The SMILES string of the molecule is Cn1nnc(Cl)c1-c1csc(N[C@H](CN)CC2CCCCC2)c1. The van der Waals surface area contributed by atoms with E-state index in [4.69, 9.17) is 17.3 Å². The molecule has 0 spiro atoms. The molecule has 2 aromatic rings. The third kappa shape index (κ3) is 4.05. The second kappa shape index (κ2) is 7.64. The Morgan fingerprint density at radius 2 is 2.22 bits per heavy atom. The molecule has 2 aromatic heterocycles. The number of rotatable bonds is 6. The molecule has 1 aliphatic carbocycles. The minimum Gasteiger partial charge on any atom is -0.373 e. The second-order valence-electron chi connectivity index (χ2n) is 6.37. The summed E-state index contributed by atoms with van der Waals surface area (Å²) in [5.41, 5.74) is 7.88. The Morgan fingerprint density at radius 3 is 2.87 bits per heavy atom. The smallest absolute Gasteiger partial charge is 0.179 e. The number of thiophene rings is 1. The maximum absolute atomic E-state index is 6.12. The number of nitrogens with two attached hydrogens (primary N) is 1. The molecule has 0 aromatic carbocycles. The molecule has 23 heavy (non-hydrogen) atoms. The summed E-state index contributed by atoms with van der Waals surface area (Å²) in [5.74, 6) is 0.819. The quantitative estimate of drug-likeness (QED) is 0.826. The zero-order valence-corrected chi connectivity index (χ0v) is 15.0. The Bertz CT molecular complexity index is 613. The molecule has 0 aliphatic heterocycles. The van der Waals surface area contributed by atoms with Crippen LogP contribution in [-0.2, 0) is 7.05 Å². The predicted molar refractivity (Wildman–Crippen MR) is 97.0 cm³/mol. The maximum atomic E-state index is 6.12. The summed E-state index contributed by atoms with van der Waals surface area (Å²) in [7, 11) is 1.85. The van der Waals surface area contributed by atoms with E-state index < -0.39 is 0 Å². The Balaban J connectivity index is 1.65. The number of anilines is 1. The van der Waals surface area contributed by atoms with E-state index in [1.54, 1.807) is 16.0 Å². The number of aryl methyl sites for hydroxylation is 1. The van der Waals surface area contributed by atoms with Crippen LogP contribution >= 0.6 is 22.9 Å². The van der Waals surface area contributed by atoms with Crippen molar-refractivity contribution in [3.63, 3.8) is 0 Å². The molecule has 1 aliphatic rings. The van der Waals surface area contributed by atoms with E-state index in [0.717, 1.165) is 28.6 Å². The minimum absolute atomic E-state index is 0.338.